The smallest absolute Gasteiger partial charge is 0.223 e. The minimum absolute atomic E-state index is 0.0658. The van der Waals surface area contributed by atoms with Crippen LogP contribution in [0.4, 0.5) is 11.6 Å². The molecule has 1 aromatic rings. The zero-order chi connectivity index (χ0) is 12.7. The Morgan fingerprint density at radius 1 is 1.59 bits per heavy atom. The molecular weight excluding hydrogens is 216 g/mol. The van der Waals surface area contributed by atoms with E-state index >= 15 is 0 Å². The van der Waals surface area contributed by atoms with Crippen molar-refractivity contribution in [3.05, 3.63) is 11.9 Å². The largest absolute Gasteiger partial charge is 0.395 e. The maximum Gasteiger partial charge on any atom is 0.223 e. The molecule has 0 bridgehead atoms. The molecule has 1 rings (SSSR count). The lowest BCUT2D eigenvalue weighted by atomic mass is 10.1. The zero-order valence-corrected chi connectivity index (χ0v) is 10.6. The van der Waals surface area contributed by atoms with Crippen LogP contribution in [-0.2, 0) is 0 Å². The normalized spacial score (nSPS) is 12.9. The van der Waals surface area contributed by atoms with E-state index in [0.29, 0.717) is 18.4 Å². The van der Waals surface area contributed by atoms with Crippen LogP contribution in [0.1, 0.15) is 26.0 Å². The molecule has 1 aromatic heterocycles. The summed E-state index contributed by atoms with van der Waals surface area (Å²) >= 11 is 0. The molecule has 0 aliphatic carbocycles. The third kappa shape index (κ3) is 4.48. The summed E-state index contributed by atoms with van der Waals surface area (Å²) in [5, 5.41) is 11.6. The summed E-state index contributed by atoms with van der Waals surface area (Å²) in [7, 11) is 0. The number of aliphatic imine (C=N–C) groups is 1. The van der Waals surface area contributed by atoms with Gasteiger partial charge in [0.2, 0.25) is 5.95 Å². The highest BCUT2D eigenvalue weighted by Gasteiger charge is 2.01. The summed E-state index contributed by atoms with van der Waals surface area (Å²) < 4.78 is 0. The van der Waals surface area contributed by atoms with E-state index < -0.39 is 0 Å². The van der Waals surface area contributed by atoms with Gasteiger partial charge in [0.15, 0.2) is 0 Å². The fourth-order valence-electron chi connectivity index (χ4n) is 1.15. The highest BCUT2D eigenvalue weighted by molar-refractivity contribution is 5.65. The molecular formula is C12H20N4O. The first-order chi connectivity index (χ1) is 8.17. The molecule has 0 spiro atoms. The Morgan fingerprint density at radius 3 is 2.94 bits per heavy atom. The molecule has 0 aromatic carbocycles. The molecule has 5 nitrogen and oxygen atoms in total. The van der Waals surface area contributed by atoms with E-state index in [1.54, 1.807) is 6.20 Å². The minimum Gasteiger partial charge on any atom is -0.395 e. The van der Waals surface area contributed by atoms with Crippen molar-refractivity contribution in [2.45, 2.75) is 27.2 Å². The molecule has 17 heavy (non-hydrogen) atoms. The van der Waals surface area contributed by atoms with Gasteiger partial charge in [-0.2, -0.15) is 0 Å². The van der Waals surface area contributed by atoms with Crippen molar-refractivity contribution in [1.82, 2.24) is 9.97 Å². The van der Waals surface area contributed by atoms with E-state index in [9.17, 15) is 0 Å². The molecule has 2 N–H and O–H groups in total. The van der Waals surface area contributed by atoms with Gasteiger partial charge < -0.3 is 10.4 Å². The first kappa shape index (κ1) is 13.6. The van der Waals surface area contributed by atoms with Gasteiger partial charge in [0.05, 0.1) is 18.5 Å². The van der Waals surface area contributed by atoms with Crippen molar-refractivity contribution in [1.29, 1.82) is 0 Å². The number of hydrogen-bond donors (Lipinski definition) is 2. The van der Waals surface area contributed by atoms with Crippen molar-refractivity contribution in [2.24, 2.45) is 10.9 Å². The van der Waals surface area contributed by atoms with Crippen LogP contribution in [-0.4, -0.2) is 34.4 Å². The summed E-state index contributed by atoms with van der Waals surface area (Å²) in [6, 6.07) is 0. The van der Waals surface area contributed by atoms with Gasteiger partial charge in [0.1, 0.15) is 5.69 Å². The number of hydrogen-bond acceptors (Lipinski definition) is 5. The van der Waals surface area contributed by atoms with Gasteiger partial charge in [0.25, 0.3) is 0 Å². The third-order valence-corrected chi connectivity index (χ3v) is 2.46. The Morgan fingerprint density at radius 2 is 2.35 bits per heavy atom. The molecule has 0 fully saturated rings. The number of aromatic nitrogens is 2. The second-order valence-corrected chi connectivity index (χ2v) is 3.98. The molecule has 0 radical (unpaired) electrons. The van der Waals surface area contributed by atoms with Gasteiger partial charge in [-0.3, -0.25) is 4.99 Å². The number of nitrogens with one attached hydrogen (secondary N) is 1. The summed E-state index contributed by atoms with van der Waals surface area (Å²) in [5.74, 6) is 0.987. The van der Waals surface area contributed by atoms with E-state index in [2.05, 4.69) is 34.1 Å². The number of aliphatic hydroxyl groups excluding tert-OH is 1. The van der Waals surface area contributed by atoms with E-state index in [1.165, 1.54) is 0 Å². The number of anilines is 1. The standard InChI is InChI=1S/C12H20N4O/c1-4-9(2)7-14-11-8-15-12(13-5-6-17)16-10(11)3/h7-9,17H,4-6H2,1-3H3,(H,13,15,16). The second-order valence-electron chi connectivity index (χ2n) is 3.98. The summed E-state index contributed by atoms with van der Waals surface area (Å²) in [6.07, 6.45) is 4.69. The summed E-state index contributed by atoms with van der Waals surface area (Å²) in [6.45, 7) is 6.67. The van der Waals surface area contributed by atoms with Crippen LogP contribution in [0.25, 0.3) is 0 Å². The second kappa shape index (κ2) is 6.96. The fourth-order valence-corrected chi connectivity index (χ4v) is 1.15. The quantitative estimate of drug-likeness (QED) is 0.740. The minimum atomic E-state index is 0.0658. The van der Waals surface area contributed by atoms with Crippen LogP contribution in [0, 0.1) is 12.8 Å². The molecule has 0 aliphatic heterocycles. The predicted molar refractivity (Wildman–Crippen MR) is 70.0 cm³/mol. The van der Waals surface area contributed by atoms with Crippen molar-refractivity contribution < 1.29 is 5.11 Å². The van der Waals surface area contributed by atoms with E-state index in [-0.39, 0.29) is 6.61 Å². The van der Waals surface area contributed by atoms with Gasteiger partial charge in [-0.1, -0.05) is 13.8 Å². The molecule has 0 saturated heterocycles. The Balaban J connectivity index is 2.72. The Bertz CT molecular complexity index is 379. The van der Waals surface area contributed by atoms with Crippen molar-refractivity contribution in [2.75, 3.05) is 18.5 Å². The number of aliphatic hydroxyl groups is 1. The van der Waals surface area contributed by atoms with E-state index in [4.69, 9.17) is 5.11 Å². The molecule has 94 valence electrons. The number of aryl methyl sites for hydroxylation is 1. The average Bonchev–Trinajstić information content (AvgIpc) is 2.34. The molecule has 0 saturated carbocycles. The molecule has 5 heteroatoms. The average molecular weight is 236 g/mol. The third-order valence-electron chi connectivity index (χ3n) is 2.46. The van der Waals surface area contributed by atoms with Gasteiger partial charge in [-0.25, -0.2) is 9.97 Å². The van der Waals surface area contributed by atoms with Crippen LogP contribution >= 0.6 is 0 Å². The SMILES string of the molecule is CCC(C)C=Nc1cnc(NCCO)nc1C. The molecule has 0 amide bonds. The highest BCUT2D eigenvalue weighted by atomic mass is 16.3. The molecule has 1 unspecified atom stereocenters. The van der Waals surface area contributed by atoms with Gasteiger partial charge in [-0.15, -0.1) is 0 Å². The maximum absolute atomic E-state index is 8.68. The monoisotopic (exact) mass is 236 g/mol. The molecule has 0 aliphatic rings. The van der Waals surface area contributed by atoms with Crippen LogP contribution < -0.4 is 5.32 Å². The van der Waals surface area contributed by atoms with Crippen LogP contribution in [0.15, 0.2) is 11.2 Å². The molecule has 1 atom stereocenters. The topological polar surface area (TPSA) is 70.4 Å². The van der Waals surface area contributed by atoms with Gasteiger partial charge >= 0.3 is 0 Å². The summed E-state index contributed by atoms with van der Waals surface area (Å²) in [4.78, 5) is 12.8. The van der Waals surface area contributed by atoms with Gasteiger partial charge in [0, 0.05) is 12.8 Å². The fraction of sp³-hybridized carbons (Fsp3) is 0.583. The maximum atomic E-state index is 8.68. The van der Waals surface area contributed by atoms with Crippen molar-refractivity contribution in [3.63, 3.8) is 0 Å². The Labute approximate surface area is 102 Å². The van der Waals surface area contributed by atoms with E-state index in [0.717, 1.165) is 17.8 Å². The van der Waals surface area contributed by atoms with E-state index in [1.807, 2.05) is 13.1 Å². The highest BCUT2D eigenvalue weighted by Crippen LogP contribution is 2.16. The Hall–Kier alpha value is -1.49. The lowest BCUT2D eigenvalue weighted by Crippen LogP contribution is -2.08. The lowest BCUT2D eigenvalue weighted by Gasteiger charge is -2.05. The van der Waals surface area contributed by atoms with Crippen molar-refractivity contribution in [3.8, 4) is 0 Å². The van der Waals surface area contributed by atoms with Crippen molar-refractivity contribution >= 4 is 17.9 Å². The Kier molecular flexibility index (Phi) is 5.56. The zero-order valence-electron chi connectivity index (χ0n) is 10.6. The van der Waals surface area contributed by atoms with Crippen LogP contribution in [0.5, 0.6) is 0 Å². The van der Waals surface area contributed by atoms with Gasteiger partial charge in [-0.05, 0) is 19.3 Å². The first-order valence-corrected chi connectivity index (χ1v) is 5.90. The first-order valence-electron chi connectivity index (χ1n) is 5.90. The number of rotatable bonds is 6. The number of nitrogens with zero attached hydrogens (tertiary/aromatic N) is 3. The van der Waals surface area contributed by atoms with Crippen LogP contribution in [0.3, 0.4) is 0 Å². The van der Waals surface area contributed by atoms with Crippen LogP contribution in [0.2, 0.25) is 0 Å². The molecule has 1 heterocycles. The summed E-state index contributed by atoms with van der Waals surface area (Å²) in [5.41, 5.74) is 1.62. The lowest BCUT2D eigenvalue weighted by molar-refractivity contribution is 0.311. The predicted octanol–water partition coefficient (Wildman–Crippen LogP) is 1.94.